The van der Waals surface area contributed by atoms with Crippen molar-refractivity contribution in [3.8, 4) is 0 Å². The van der Waals surface area contributed by atoms with Crippen molar-refractivity contribution < 1.29 is 22.7 Å². The van der Waals surface area contributed by atoms with Crippen LogP contribution in [0.1, 0.15) is 34.9 Å². The number of ether oxygens (including phenoxy) is 1. The first-order valence-corrected chi connectivity index (χ1v) is 8.29. The summed E-state index contributed by atoms with van der Waals surface area (Å²) in [5.74, 6) is -4.75. The second-order valence-corrected chi connectivity index (χ2v) is 6.22. The minimum atomic E-state index is -1.30. The van der Waals surface area contributed by atoms with Gasteiger partial charge in [-0.15, -0.1) is 0 Å². The Kier molecular flexibility index (Phi) is 5.39. The molecule has 3 aromatic rings. The van der Waals surface area contributed by atoms with Gasteiger partial charge in [0.2, 0.25) is 0 Å². The number of esters is 1. The van der Waals surface area contributed by atoms with Gasteiger partial charge in [-0.05, 0) is 17.7 Å². The number of nitrogens with one attached hydrogen (secondary N) is 2. The van der Waals surface area contributed by atoms with Gasteiger partial charge in [0.25, 0.3) is 5.56 Å². The molecule has 1 unspecified atom stereocenters. The minimum absolute atomic E-state index is 0.141. The maximum Gasteiger partial charge on any atom is 0.306 e. The second-order valence-electron chi connectivity index (χ2n) is 6.22. The van der Waals surface area contributed by atoms with E-state index >= 15 is 0 Å². The number of halogens is 3. The Hall–Kier alpha value is -3.30. The summed E-state index contributed by atoms with van der Waals surface area (Å²) in [6.45, 7) is 0. The summed E-state index contributed by atoms with van der Waals surface area (Å²) in [4.78, 5) is 24.4. The quantitative estimate of drug-likeness (QED) is 0.495. The molecule has 7 nitrogen and oxygen atoms in total. The maximum atomic E-state index is 14.1. The first kappa shape index (κ1) is 19.5. The van der Waals surface area contributed by atoms with E-state index in [4.69, 9.17) is 4.74 Å². The van der Waals surface area contributed by atoms with Crippen LogP contribution in [-0.2, 0) is 23.0 Å². The largest absolute Gasteiger partial charge is 0.469 e. The summed E-state index contributed by atoms with van der Waals surface area (Å²) >= 11 is 0. The van der Waals surface area contributed by atoms with Gasteiger partial charge in [0, 0.05) is 48.6 Å². The fourth-order valence-electron chi connectivity index (χ4n) is 3.13. The van der Waals surface area contributed by atoms with E-state index in [1.807, 2.05) is 0 Å². The summed E-state index contributed by atoms with van der Waals surface area (Å²) < 4.78 is 47.0. The lowest BCUT2D eigenvalue weighted by atomic mass is 9.90. The number of aryl methyl sites for hydroxylation is 1. The molecule has 2 N–H and O–H groups in total. The van der Waals surface area contributed by atoms with Crippen molar-refractivity contribution in [2.45, 2.75) is 18.8 Å². The van der Waals surface area contributed by atoms with Crippen LogP contribution >= 0.6 is 0 Å². The number of aromatic amines is 2. The molecule has 0 amide bonds. The van der Waals surface area contributed by atoms with Gasteiger partial charge in [0.15, 0.2) is 11.6 Å². The standard InChI is InChI=1S/C18H17F3N4O3/c1-25-15(3-4-22-25)10(7-16(26)28-2)17-14(23-24-18(17)27)6-9-5-12(20)13(21)8-11(9)19/h3-5,8,10H,6-7H2,1-2H3,(H2,23,24,27). The zero-order chi connectivity index (χ0) is 20.4. The first-order valence-electron chi connectivity index (χ1n) is 8.29. The molecule has 0 bridgehead atoms. The third-order valence-corrected chi connectivity index (χ3v) is 4.52. The van der Waals surface area contributed by atoms with Crippen LogP contribution in [0.3, 0.4) is 0 Å². The van der Waals surface area contributed by atoms with Crippen molar-refractivity contribution in [3.05, 3.63) is 74.7 Å². The molecule has 10 heteroatoms. The Labute approximate surface area is 157 Å². The van der Waals surface area contributed by atoms with Crippen LogP contribution in [0.4, 0.5) is 13.2 Å². The van der Waals surface area contributed by atoms with Crippen molar-refractivity contribution in [2.24, 2.45) is 7.05 Å². The normalized spacial score (nSPS) is 12.2. The molecule has 0 aliphatic heterocycles. The highest BCUT2D eigenvalue weighted by Gasteiger charge is 2.28. The average molecular weight is 394 g/mol. The lowest BCUT2D eigenvalue weighted by Gasteiger charge is -2.16. The summed E-state index contributed by atoms with van der Waals surface area (Å²) in [6.07, 6.45) is 1.13. The molecular weight excluding hydrogens is 377 g/mol. The molecule has 1 atom stereocenters. The number of nitrogens with zero attached hydrogens (tertiary/aromatic N) is 2. The lowest BCUT2D eigenvalue weighted by Crippen LogP contribution is -2.20. The van der Waals surface area contributed by atoms with Crippen LogP contribution in [0.5, 0.6) is 0 Å². The van der Waals surface area contributed by atoms with Gasteiger partial charge >= 0.3 is 5.97 Å². The van der Waals surface area contributed by atoms with E-state index in [-0.39, 0.29) is 29.7 Å². The van der Waals surface area contributed by atoms with E-state index in [1.165, 1.54) is 18.0 Å². The minimum Gasteiger partial charge on any atom is -0.469 e. The van der Waals surface area contributed by atoms with Gasteiger partial charge in [-0.3, -0.25) is 19.4 Å². The summed E-state index contributed by atoms with van der Waals surface area (Å²) in [5, 5.41) is 9.09. The number of hydrogen-bond acceptors (Lipinski definition) is 4. The molecule has 3 rings (SSSR count). The third-order valence-electron chi connectivity index (χ3n) is 4.52. The van der Waals surface area contributed by atoms with Crippen LogP contribution < -0.4 is 5.56 Å². The number of H-pyrrole nitrogens is 2. The Balaban J connectivity index is 2.07. The van der Waals surface area contributed by atoms with Crippen molar-refractivity contribution in [3.63, 3.8) is 0 Å². The molecule has 2 heterocycles. The lowest BCUT2D eigenvalue weighted by molar-refractivity contribution is -0.140. The monoisotopic (exact) mass is 394 g/mol. The van der Waals surface area contributed by atoms with Crippen molar-refractivity contribution >= 4 is 5.97 Å². The van der Waals surface area contributed by atoms with E-state index in [2.05, 4.69) is 15.3 Å². The highest BCUT2D eigenvalue weighted by atomic mass is 19.2. The number of carbonyl (C=O) groups is 1. The number of carbonyl (C=O) groups excluding carboxylic acids is 1. The molecule has 0 spiro atoms. The van der Waals surface area contributed by atoms with E-state index in [0.29, 0.717) is 11.8 Å². The molecule has 0 radical (unpaired) electrons. The summed E-state index contributed by atoms with van der Waals surface area (Å²) in [7, 11) is 2.87. The zero-order valence-electron chi connectivity index (χ0n) is 15.1. The van der Waals surface area contributed by atoms with Gasteiger partial charge in [-0.25, -0.2) is 13.2 Å². The highest BCUT2D eigenvalue weighted by Crippen LogP contribution is 2.29. The molecule has 2 aromatic heterocycles. The topological polar surface area (TPSA) is 92.8 Å². The van der Waals surface area contributed by atoms with Crippen LogP contribution in [0, 0.1) is 17.5 Å². The molecular formula is C18H17F3N4O3. The Morgan fingerprint density at radius 1 is 1.21 bits per heavy atom. The smallest absolute Gasteiger partial charge is 0.306 e. The number of aromatic nitrogens is 4. The number of rotatable bonds is 6. The number of hydrogen-bond donors (Lipinski definition) is 2. The third kappa shape index (κ3) is 3.71. The van der Waals surface area contributed by atoms with Crippen molar-refractivity contribution in [1.29, 1.82) is 0 Å². The molecule has 28 heavy (non-hydrogen) atoms. The van der Waals surface area contributed by atoms with Gasteiger partial charge in [0.1, 0.15) is 5.82 Å². The number of methoxy groups -OCH3 is 1. The molecule has 0 saturated carbocycles. The van der Waals surface area contributed by atoms with Crippen LogP contribution in [-0.4, -0.2) is 33.1 Å². The Morgan fingerprint density at radius 3 is 2.57 bits per heavy atom. The Morgan fingerprint density at radius 2 is 1.93 bits per heavy atom. The molecule has 0 aliphatic carbocycles. The maximum absolute atomic E-state index is 14.1. The van der Waals surface area contributed by atoms with E-state index in [9.17, 15) is 22.8 Å². The zero-order valence-corrected chi connectivity index (χ0v) is 15.1. The second kappa shape index (κ2) is 7.75. The van der Waals surface area contributed by atoms with Crippen LogP contribution in [0.15, 0.2) is 29.2 Å². The predicted molar refractivity (Wildman–Crippen MR) is 92.2 cm³/mol. The van der Waals surface area contributed by atoms with Gasteiger partial charge < -0.3 is 9.84 Å². The van der Waals surface area contributed by atoms with Crippen molar-refractivity contribution in [1.82, 2.24) is 20.0 Å². The first-order chi connectivity index (χ1) is 13.3. The SMILES string of the molecule is COC(=O)CC(c1c(Cc2cc(F)c(F)cc2F)[nH][nH]c1=O)c1ccnn1C. The van der Waals surface area contributed by atoms with E-state index in [1.54, 1.807) is 13.1 Å². The van der Waals surface area contributed by atoms with Crippen molar-refractivity contribution in [2.75, 3.05) is 7.11 Å². The van der Waals surface area contributed by atoms with Gasteiger partial charge in [0.05, 0.1) is 13.5 Å². The molecule has 0 aliphatic rings. The van der Waals surface area contributed by atoms with E-state index < -0.39 is 34.9 Å². The molecule has 0 fully saturated rings. The Bertz CT molecular complexity index is 1070. The van der Waals surface area contributed by atoms with Crippen LogP contribution in [0.2, 0.25) is 0 Å². The van der Waals surface area contributed by atoms with Gasteiger partial charge in [-0.1, -0.05) is 0 Å². The van der Waals surface area contributed by atoms with Gasteiger partial charge in [-0.2, -0.15) is 5.10 Å². The van der Waals surface area contributed by atoms with E-state index in [0.717, 1.165) is 6.07 Å². The van der Waals surface area contributed by atoms with Crippen LogP contribution in [0.25, 0.3) is 0 Å². The summed E-state index contributed by atoms with van der Waals surface area (Å²) in [6, 6.07) is 2.82. The molecule has 0 saturated heterocycles. The molecule has 1 aromatic carbocycles. The average Bonchev–Trinajstić information content (AvgIpc) is 3.23. The fourth-order valence-corrected chi connectivity index (χ4v) is 3.13. The highest BCUT2D eigenvalue weighted by molar-refractivity contribution is 5.71. The predicted octanol–water partition coefficient (Wildman–Crippen LogP) is 2.14. The fraction of sp³-hybridized carbons (Fsp3) is 0.278. The number of benzene rings is 1. The summed E-state index contributed by atoms with van der Waals surface area (Å²) in [5.41, 5.74) is 0.302. The molecule has 148 valence electrons.